The van der Waals surface area contributed by atoms with Crippen molar-refractivity contribution in [2.45, 2.75) is 39.5 Å². The number of nitrogens with zero attached hydrogens (tertiary/aromatic N) is 4. The molecule has 0 aliphatic rings. The summed E-state index contributed by atoms with van der Waals surface area (Å²) in [7, 11) is 0. The Morgan fingerprint density at radius 2 is 1.52 bits per heavy atom. The third-order valence-corrected chi connectivity index (χ3v) is 4.38. The van der Waals surface area contributed by atoms with Gasteiger partial charge in [0.1, 0.15) is 6.07 Å². The van der Waals surface area contributed by atoms with E-state index in [9.17, 15) is 20.2 Å². The second-order valence-corrected chi connectivity index (χ2v) is 6.35. The van der Waals surface area contributed by atoms with Crippen molar-refractivity contribution in [3.05, 3.63) is 63.0 Å². The van der Waals surface area contributed by atoms with Crippen molar-refractivity contribution in [3.8, 4) is 5.69 Å². The zero-order valence-electron chi connectivity index (χ0n) is 15.7. The molecule has 0 aliphatic carbocycles. The van der Waals surface area contributed by atoms with E-state index in [-0.39, 0.29) is 11.4 Å². The van der Waals surface area contributed by atoms with Gasteiger partial charge in [0, 0.05) is 43.0 Å². The minimum Gasteiger partial charge on any atom is -0.371 e. The molecular weight excluding hydrogens is 348 g/mol. The quantitative estimate of drug-likeness (QED) is 0.354. The van der Waals surface area contributed by atoms with Gasteiger partial charge in [0.05, 0.1) is 9.85 Å². The van der Waals surface area contributed by atoms with Gasteiger partial charge in [0.2, 0.25) is 0 Å². The van der Waals surface area contributed by atoms with E-state index < -0.39 is 9.85 Å². The second kappa shape index (κ2) is 9.61. The Morgan fingerprint density at radius 3 is 2.00 bits per heavy atom. The maximum Gasteiger partial charge on any atom is 0.347 e. The standard InChI is InChI=1S/C19H25N4O4/c1-3-5-11-20(12-6-4-2)16-9-13-21(14-10-16)18-8-7-17(22(24)25)15-19(18)23(26)27/h7-10,13-15H,3-6,11-12H2,1-2H3/q+1. The second-order valence-electron chi connectivity index (χ2n) is 6.35. The van der Waals surface area contributed by atoms with Crippen molar-refractivity contribution >= 4 is 17.1 Å². The summed E-state index contributed by atoms with van der Waals surface area (Å²) >= 11 is 0. The van der Waals surface area contributed by atoms with E-state index in [2.05, 4.69) is 18.7 Å². The van der Waals surface area contributed by atoms with Gasteiger partial charge in [0.15, 0.2) is 12.4 Å². The maximum absolute atomic E-state index is 11.3. The molecular formula is C19H25N4O4+. The van der Waals surface area contributed by atoms with Crippen molar-refractivity contribution in [1.29, 1.82) is 0 Å². The van der Waals surface area contributed by atoms with Gasteiger partial charge in [-0.1, -0.05) is 26.7 Å². The Hall–Kier alpha value is -3.03. The van der Waals surface area contributed by atoms with Gasteiger partial charge in [-0.3, -0.25) is 20.2 Å². The lowest BCUT2D eigenvalue weighted by molar-refractivity contribution is -0.600. The summed E-state index contributed by atoms with van der Waals surface area (Å²) in [5.41, 5.74) is 0.771. The Kier molecular flexibility index (Phi) is 7.22. The lowest BCUT2D eigenvalue weighted by Gasteiger charge is -2.24. The number of rotatable bonds is 10. The average molecular weight is 373 g/mol. The summed E-state index contributed by atoms with van der Waals surface area (Å²) in [6.45, 7) is 6.26. The molecule has 0 radical (unpaired) electrons. The SMILES string of the molecule is CCCCN(CCCC)c1cc[n+](-c2ccc([N+](=O)[O-])cc2[N+](=O)[O-])cc1. The summed E-state index contributed by atoms with van der Waals surface area (Å²) in [6.07, 6.45) is 7.95. The highest BCUT2D eigenvalue weighted by atomic mass is 16.6. The number of hydrogen-bond donors (Lipinski definition) is 0. The summed E-state index contributed by atoms with van der Waals surface area (Å²) < 4.78 is 1.61. The Morgan fingerprint density at radius 1 is 0.926 bits per heavy atom. The number of nitro groups is 2. The zero-order chi connectivity index (χ0) is 19.8. The van der Waals surface area contributed by atoms with Crippen LogP contribution in [0.15, 0.2) is 42.7 Å². The molecule has 0 bridgehead atoms. The molecule has 8 heteroatoms. The molecule has 2 rings (SSSR count). The van der Waals surface area contributed by atoms with Gasteiger partial charge in [-0.15, -0.1) is 0 Å². The van der Waals surface area contributed by atoms with Crippen molar-refractivity contribution in [3.63, 3.8) is 0 Å². The predicted octanol–water partition coefficient (Wildman–Crippen LogP) is 4.19. The van der Waals surface area contributed by atoms with Crippen molar-refractivity contribution in [1.82, 2.24) is 0 Å². The van der Waals surface area contributed by atoms with E-state index in [4.69, 9.17) is 0 Å². The van der Waals surface area contributed by atoms with E-state index in [1.807, 2.05) is 12.1 Å². The van der Waals surface area contributed by atoms with Gasteiger partial charge < -0.3 is 4.90 Å². The molecule has 1 aromatic heterocycles. The van der Waals surface area contributed by atoms with Crippen LogP contribution >= 0.6 is 0 Å². The van der Waals surface area contributed by atoms with Gasteiger partial charge in [-0.05, 0) is 12.8 Å². The Labute approximate surface area is 158 Å². The number of hydrogen-bond acceptors (Lipinski definition) is 5. The van der Waals surface area contributed by atoms with E-state index in [0.29, 0.717) is 5.69 Å². The van der Waals surface area contributed by atoms with Crippen LogP contribution in [0.4, 0.5) is 17.1 Å². The minimum atomic E-state index is -0.635. The first-order valence-corrected chi connectivity index (χ1v) is 9.17. The van der Waals surface area contributed by atoms with Crippen LogP contribution in [0, 0.1) is 20.2 Å². The first kappa shape index (κ1) is 20.3. The number of aromatic nitrogens is 1. The topological polar surface area (TPSA) is 93.4 Å². The number of benzene rings is 1. The average Bonchev–Trinajstić information content (AvgIpc) is 2.67. The molecule has 0 saturated carbocycles. The van der Waals surface area contributed by atoms with E-state index in [1.54, 1.807) is 17.0 Å². The molecule has 0 fully saturated rings. The number of unbranched alkanes of at least 4 members (excludes halogenated alkanes) is 2. The summed E-state index contributed by atoms with van der Waals surface area (Å²) in [5, 5.41) is 22.2. The van der Waals surface area contributed by atoms with Crippen LogP contribution in [-0.2, 0) is 0 Å². The molecule has 1 heterocycles. The van der Waals surface area contributed by atoms with E-state index in [1.165, 1.54) is 12.1 Å². The first-order valence-electron chi connectivity index (χ1n) is 9.17. The first-order chi connectivity index (χ1) is 13.0. The third-order valence-electron chi connectivity index (χ3n) is 4.38. The molecule has 0 aliphatic heterocycles. The molecule has 0 unspecified atom stereocenters. The fourth-order valence-corrected chi connectivity index (χ4v) is 2.85. The molecule has 0 spiro atoms. The maximum atomic E-state index is 11.3. The molecule has 2 aromatic rings. The summed E-state index contributed by atoms with van der Waals surface area (Å²) in [4.78, 5) is 23.3. The van der Waals surface area contributed by atoms with Crippen molar-refractivity contribution in [2.24, 2.45) is 0 Å². The molecule has 0 N–H and O–H groups in total. The molecule has 8 nitrogen and oxygen atoms in total. The fourth-order valence-electron chi connectivity index (χ4n) is 2.85. The van der Waals surface area contributed by atoms with Crippen LogP contribution in [-0.4, -0.2) is 22.9 Å². The highest BCUT2D eigenvalue weighted by Gasteiger charge is 2.26. The van der Waals surface area contributed by atoms with Crippen molar-refractivity contribution in [2.75, 3.05) is 18.0 Å². The van der Waals surface area contributed by atoms with Gasteiger partial charge in [0.25, 0.3) is 11.4 Å². The van der Waals surface area contributed by atoms with Crippen molar-refractivity contribution < 1.29 is 14.4 Å². The highest BCUT2D eigenvalue weighted by Crippen LogP contribution is 2.25. The predicted molar refractivity (Wildman–Crippen MR) is 103 cm³/mol. The molecule has 0 atom stereocenters. The number of anilines is 1. The van der Waals surface area contributed by atoms with Crippen LogP contribution in [0.2, 0.25) is 0 Å². The molecule has 27 heavy (non-hydrogen) atoms. The highest BCUT2D eigenvalue weighted by molar-refractivity contribution is 5.54. The smallest absolute Gasteiger partial charge is 0.347 e. The number of pyridine rings is 1. The molecule has 1 aromatic carbocycles. The number of nitro benzene ring substituents is 2. The largest absolute Gasteiger partial charge is 0.371 e. The van der Waals surface area contributed by atoms with Crippen LogP contribution in [0.5, 0.6) is 0 Å². The van der Waals surface area contributed by atoms with Crippen LogP contribution in [0.1, 0.15) is 39.5 Å². The zero-order valence-corrected chi connectivity index (χ0v) is 15.7. The van der Waals surface area contributed by atoms with Crippen LogP contribution in [0.25, 0.3) is 5.69 Å². The lowest BCUT2D eigenvalue weighted by Crippen LogP contribution is -2.32. The van der Waals surface area contributed by atoms with Gasteiger partial charge in [-0.2, -0.15) is 4.57 Å². The normalized spacial score (nSPS) is 10.6. The molecule has 0 saturated heterocycles. The summed E-state index contributed by atoms with van der Waals surface area (Å²) in [6, 6.07) is 7.53. The Bertz CT molecular complexity index is 785. The van der Waals surface area contributed by atoms with Gasteiger partial charge >= 0.3 is 5.69 Å². The van der Waals surface area contributed by atoms with Crippen LogP contribution < -0.4 is 9.47 Å². The minimum absolute atomic E-state index is 0.296. The Balaban J connectivity index is 2.33. The van der Waals surface area contributed by atoms with Gasteiger partial charge in [-0.25, -0.2) is 0 Å². The summed E-state index contributed by atoms with van der Waals surface area (Å²) in [5.74, 6) is 0. The van der Waals surface area contributed by atoms with E-state index in [0.717, 1.165) is 50.5 Å². The third kappa shape index (κ3) is 5.22. The molecule has 0 amide bonds. The monoisotopic (exact) mass is 373 g/mol. The number of non-ortho nitro benzene ring substituents is 1. The lowest BCUT2D eigenvalue weighted by atomic mass is 10.2. The van der Waals surface area contributed by atoms with E-state index >= 15 is 0 Å². The molecule has 144 valence electrons. The fraction of sp³-hybridized carbons (Fsp3) is 0.421. The van der Waals surface area contributed by atoms with Crippen LogP contribution in [0.3, 0.4) is 0 Å².